The molecule has 5 nitrogen and oxygen atoms in total. The van der Waals surface area contributed by atoms with Gasteiger partial charge in [-0.3, -0.25) is 0 Å². The third-order valence-corrected chi connectivity index (χ3v) is 9.88. The number of aliphatic hydroxyl groups is 1. The van der Waals surface area contributed by atoms with Crippen molar-refractivity contribution in [1.82, 2.24) is 0 Å². The van der Waals surface area contributed by atoms with E-state index in [1.807, 2.05) is 0 Å². The molecule has 2 heterocycles. The number of hydrogen-bond donors (Lipinski definition) is 1. The van der Waals surface area contributed by atoms with Gasteiger partial charge in [-0.15, -0.1) is 0 Å². The van der Waals surface area contributed by atoms with E-state index in [4.69, 9.17) is 18.9 Å². The lowest BCUT2D eigenvalue weighted by Gasteiger charge is -2.52. The Morgan fingerprint density at radius 3 is 2.47 bits per heavy atom. The summed E-state index contributed by atoms with van der Waals surface area (Å²) >= 11 is 0. The van der Waals surface area contributed by atoms with E-state index >= 15 is 0 Å². The van der Waals surface area contributed by atoms with Gasteiger partial charge in [0.25, 0.3) is 0 Å². The Labute approximate surface area is 204 Å². The standard InChI is InChI=1S/C29H42O5/c1-29-13-12-22-21-9-8-20(33-27-6-2-4-14-31-27)17-23(21)19(18-30)16-24(22)25(29)10-11-26(29)34-28-7-3-5-15-32-28/h8-9,17,19,22,24-28,30H,2-7,10-16,18H2,1H3/t19-,22?,24?,25?,26?,27?,28?,29+/m1/s1. The number of rotatable bonds is 5. The van der Waals surface area contributed by atoms with Crippen LogP contribution in [-0.2, 0) is 14.2 Å². The first-order valence-electron chi connectivity index (χ1n) is 14.0. The summed E-state index contributed by atoms with van der Waals surface area (Å²) in [5.74, 6) is 2.95. The molecule has 1 aromatic carbocycles. The molecule has 0 bridgehead atoms. The van der Waals surface area contributed by atoms with Gasteiger partial charge in [0.2, 0.25) is 0 Å². The molecule has 0 aromatic heterocycles. The number of ether oxygens (including phenoxy) is 4. The van der Waals surface area contributed by atoms with Gasteiger partial charge < -0.3 is 24.1 Å². The Morgan fingerprint density at radius 1 is 0.941 bits per heavy atom. The van der Waals surface area contributed by atoms with Crippen LogP contribution in [-0.4, -0.2) is 43.6 Å². The fourth-order valence-electron chi connectivity index (χ4n) is 8.08. The maximum atomic E-state index is 10.4. The van der Waals surface area contributed by atoms with Crippen molar-refractivity contribution in [2.24, 2.45) is 17.3 Å². The summed E-state index contributed by atoms with van der Waals surface area (Å²) < 4.78 is 24.5. The molecule has 0 radical (unpaired) electrons. The lowest BCUT2D eigenvalue weighted by molar-refractivity contribution is -0.213. The quantitative estimate of drug-likeness (QED) is 0.581. The van der Waals surface area contributed by atoms with E-state index in [0.29, 0.717) is 23.9 Å². The van der Waals surface area contributed by atoms with Gasteiger partial charge in [0, 0.05) is 25.6 Å². The van der Waals surface area contributed by atoms with E-state index in [2.05, 4.69) is 25.1 Å². The van der Waals surface area contributed by atoms with E-state index in [-0.39, 0.29) is 30.5 Å². The maximum Gasteiger partial charge on any atom is 0.199 e. The summed E-state index contributed by atoms with van der Waals surface area (Å²) in [6.45, 7) is 4.32. The molecule has 1 N–H and O–H groups in total. The van der Waals surface area contributed by atoms with Crippen LogP contribution in [0.1, 0.15) is 101 Å². The zero-order valence-corrected chi connectivity index (χ0v) is 20.8. The van der Waals surface area contributed by atoms with E-state index in [0.717, 1.165) is 63.9 Å². The monoisotopic (exact) mass is 470 g/mol. The second-order valence-corrected chi connectivity index (χ2v) is 11.7. The number of aliphatic hydroxyl groups excluding tert-OH is 1. The Morgan fingerprint density at radius 2 is 1.74 bits per heavy atom. The molecule has 0 amide bonds. The summed E-state index contributed by atoms with van der Waals surface area (Å²) in [7, 11) is 0. The van der Waals surface area contributed by atoms with Crippen molar-refractivity contribution in [3.63, 3.8) is 0 Å². The largest absolute Gasteiger partial charge is 0.465 e. The van der Waals surface area contributed by atoms with Crippen molar-refractivity contribution >= 4 is 0 Å². The molecule has 34 heavy (non-hydrogen) atoms. The van der Waals surface area contributed by atoms with E-state index in [9.17, 15) is 5.11 Å². The lowest BCUT2D eigenvalue weighted by Crippen LogP contribution is -2.46. The topological polar surface area (TPSA) is 57.2 Å². The molecular formula is C29H42O5. The fraction of sp³-hybridized carbons (Fsp3) is 0.793. The van der Waals surface area contributed by atoms with Crippen LogP contribution in [0.15, 0.2) is 18.2 Å². The van der Waals surface area contributed by atoms with Crippen LogP contribution in [0.3, 0.4) is 0 Å². The predicted molar refractivity (Wildman–Crippen MR) is 130 cm³/mol. The minimum Gasteiger partial charge on any atom is -0.465 e. The van der Waals surface area contributed by atoms with Crippen molar-refractivity contribution < 1.29 is 24.1 Å². The molecule has 6 rings (SSSR count). The fourth-order valence-corrected chi connectivity index (χ4v) is 8.08. The zero-order valence-electron chi connectivity index (χ0n) is 20.8. The lowest BCUT2D eigenvalue weighted by atomic mass is 9.54. The molecule has 5 aliphatic rings. The van der Waals surface area contributed by atoms with Crippen molar-refractivity contribution in [3.8, 4) is 5.75 Å². The molecule has 0 spiro atoms. The summed E-state index contributed by atoms with van der Waals surface area (Å²) in [6, 6.07) is 6.65. The Bertz CT molecular complexity index is 845. The molecule has 3 aliphatic carbocycles. The normalized spacial score (nSPS) is 41.9. The summed E-state index contributed by atoms with van der Waals surface area (Å²) in [5, 5.41) is 10.4. The first-order valence-corrected chi connectivity index (χ1v) is 14.0. The Hall–Kier alpha value is -1.14. The highest BCUT2D eigenvalue weighted by Gasteiger charge is 2.56. The van der Waals surface area contributed by atoms with Crippen molar-refractivity contribution in [1.29, 1.82) is 0 Å². The van der Waals surface area contributed by atoms with Crippen LogP contribution < -0.4 is 4.74 Å². The minimum atomic E-state index is -0.130. The highest BCUT2D eigenvalue weighted by atomic mass is 16.7. The average Bonchev–Trinajstić information content (AvgIpc) is 3.20. The number of benzene rings is 1. The van der Waals surface area contributed by atoms with Gasteiger partial charge in [0.05, 0.1) is 12.7 Å². The zero-order chi connectivity index (χ0) is 23.1. The number of hydrogen-bond acceptors (Lipinski definition) is 5. The van der Waals surface area contributed by atoms with Crippen LogP contribution in [0.2, 0.25) is 0 Å². The molecule has 5 heteroatoms. The first kappa shape index (κ1) is 23.3. The van der Waals surface area contributed by atoms with Crippen molar-refractivity contribution in [2.45, 2.75) is 108 Å². The van der Waals surface area contributed by atoms with Gasteiger partial charge in [0.1, 0.15) is 5.75 Å². The van der Waals surface area contributed by atoms with Gasteiger partial charge in [0.15, 0.2) is 12.6 Å². The summed E-state index contributed by atoms with van der Waals surface area (Å²) in [4.78, 5) is 0. The summed E-state index contributed by atoms with van der Waals surface area (Å²) in [5.41, 5.74) is 2.98. The molecular weight excluding hydrogens is 428 g/mol. The molecule has 4 fully saturated rings. The van der Waals surface area contributed by atoms with E-state index < -0.39 is 0 Å². The summed E-state index contributed by atoms with van der Waals surface area (Å²) in [6.07, 6.45) is 12.7. The molecule has 2 saturated carbocycles. The number of fused-ring (bicyclic) bond motifs is 5. The van der Waals surface area contributed by atoms with E-state index in [1.54, 1.807) is 0 Å². The van der Waals surface area contributed by atoms with E-state index in [1.165, 1.54) is 36.8 Å². The van der Waals surface area contributed by atoms with Gasteiger partial charge >= 0.3 is 0 Å². The Balaban J connectivity index is 1.21. The maximum absolute atomic E-state index is 10.4. The van der Waals surface area contributed by atoms with Gasteiger partial charge in [-0.05, 0) is 111 Å². The van der Waals surface area contributed by atoms with Crippen LogP contribution in [0.25, 0.3) is 0 Å². The molecule has 188 valence electrons. The molecule has 2 aliphatic heterocycles. The van der Waals surface area contributed by atoms with Crippen LogP contribution in [0.4, 0.5) is 0 Å². The molecule has 8 atom stereocenters. The smallest absolute Gasteiger partial charge is 0.199 e. The molecule has 6 unspecified atom stereocenters. The molecule has 2 saturated heterocycles. The van der Waals surface area contributed by atoms with Crippen molar-refractivity contribution in [3.05, 3.63) is 29.3 Å². The Kier molecular flexibility index (Phi) is 6.66. The van der Waals surface area contributed by atoms with Crippen LogP contribution >= 0.6 is 0 Å². The third-order valence-electron chi connectivity index (χ3n) is 9.88. The SMILES string of the molecule is C[C@]12CCC3c4ccc(OC5CCCCO5)cc4[C@@H](CO)CC3C1CCC2OC1CCCCO1. The second kappa shape index (κ2) is 9.72. The van der Waals surface area contributed by atoms with Gasteiger partial charge in [-0.25, -0.2) is 0 Å². The van der Waals surface area contributed by atoms with Crippen LogP contribution in [0, 0.1) is 17.3 Å². The van der Waals surface area contributed by atoms with Gasteiger partial charge in [-0.2, -0.15) is 0 Å². The average molecular weight is 471 g/mol. The second-order valence-electron chi connectivity index (χ2n) is 11.7. The minimum absolute atomic E-state index is 0.00381. The predicted octanol–water partition coefficient (Wildman–Crippen LogP) is 5.89. The highest BCUT2D eigenvalue weighted by molar-refractivity contribution is 5.43. The van der Waals surface area contributed by atoms with Crippen molar-refractivity contribution in [2.75, 3.05) is 19.8 Å². The molecule has 1 aromatic rings. The van der Waals surface area contributed by atoms with Crippen LogP contribution in [0.5, 0.6) is 5.75 Å². The third kappa shape index (κ3) is 4.21. The van der Waals surface area contributed by atoms with Gasteiger partial charge in [-0.1, -0.05) is 13.0 Å². The highest BCUT2D eigenvalue weighted by Crippen LogP contribution is 2.63. The first-order chi connectivity index (χ1) is 16.7.